The zero-order valence-corrected chi connectivity index (χ0v) is 14.7. The summed E-state index contributed by atoms with van der Waals surface area (Å²) in [5, 5.41) is 19.6. The largest absolute Gasteiger partial charge is 0.535 e. The second-order valence-electron chi connectivity index (χ2n) is 6.60. The van der Waals surface area contributed by atoms with Crippen molar-refractivity contribution in [2.45, 2.75) is 31.7 Å². The van der Waals surface area contributed by atoms with Crippen LogP contribution in [0.3, 0.4) is 0 Å². The third-order valence-corrected chi connectivity index (χ3v) is 4.82. The third kappa shape index (κ3) is 3.87. The van der Waals surface area contributed by atoms with Gasteiger partial charge in [0.1, 0.15) is 5.75 Å². The summed E-state index contributed by atoms with van der Waals surface area (Å²) < 4.78 is 5.45. The Morgan fingerprint density at radius 2 is 1.93 bits per heavy atom. The molecule has 0 unspecified atom stereocenters. The number of fused-ring (bicyclic) bond motifs is 1. The molecule has 7 nitrogen and oxygen atoms in total. The fourth-order valence-electron chi connectivity index (χ4n) is 3.39. The average molecular weight is 368 g/mol. The van der Waals surface area contributed by atoms with Gasteiger partial charge < -0.3 is 26.3 Å². The highest BCUT2D eigenvalue weighted by atomic mass is 16.5. The Morgan fingerprint density at radius 3 is 2.59 bits per heavy atom. The van der Waals surface area contributed by atoms with E-state index in [9.17, 15) is 19.7 Å². The van der Waals surface area contributed by atoms with Crippen molar-refractivity contribution in [3.8, 4) is 5.75 Å². The summed E-state index contributed by atoms with van der Waals surface area (Å²) in [4.78, 5) is 24.1. The highest BCUT2D eigenvalue weighted by molar-refractivity contribution is 6.47. The van der Waals surface area contributed by atoms with E-state index < -0.39 is 18.9 Å². The first-order valence-electron chi connectivity index (χ1n) is 8.69. The summed E-state index contributed by atoms with van der Waals surface area (Å²) >= 11 is 0. The molecule has 0 spiro atoms. The molecule has 1 heterocycles. The maximum atomic E-state index is 12.8. The molecule has 140 valence electrons. The van der Waals surface area contributed by atoms with Crippen LogP contribution in [0, 0.1) is 0 Å². The second kappa shape index (κ2) is 7.91. The summed E-state index contributed by atoms with van der Waals surface area (Å²) in [5.74, 6) is -1.59. The van der Waals surface area contributed by atoms with Crippen molar-refractivity contribution >= 4 is 18.9 Å². The number of carbonyl (C=O) groups is 2. The first kappa shape index (κ1) is 19.1. The van der Waals surface area contributed by atoms with E-state index in [1.807, 2.05) is 6.07 Å². The standard InChI is InChI=1S/C19H21BN2O5/c21-9-11-4-5-15(13(6-11)10-22)17(23)8-14-7-12-2-1-3-16(19(24)25)18(12)27-20(14)26/h1-6,14,26H,7-10,21-22H2,(H,24,25)/t14-/m1/s1. The van der Waals surface area contributed by atoms with E-state index in [0.717, 1.165) is 5.56 Å². The fourth-order valence-corrected chi connectivity index (χ4v) is 3.39. The zero-order valence-electron chi connectivity index (χ0n) is 14.7. The normalized spacial score (nSPS) is 15.8. The van der Waals surface area contributed by atoms with E-state index in [0.29, 0.717) is 29.7 Å². The maximum Gasteiger partial charge on any atom is 0.526 e. The molecule has 0 bridgehead atoms. The second-order valence-corrected chi connectivity index (χ2v) is 6.60. The predicted molar refractivity (Wildman–Crippen MR) is 101 cm³/mol. The van der Waals surface area contributed by atoms with E-state index in [1.165, 1.54) is 6.07 Å². The van der Waals surface area contributed by atoms with Crippen molar-refractivity contribution in [1.29, 1.82) is 0 Å². The summed E-state index contributed by atoms with van der Waals surface area (Å²) in [6, 6.07) is 10.1. The van der Waals surface area contributed by atoms with Gasteiger partial charge in [-0.2, -0.15) is 0 Å². The quantitative estimate of drug-likeness (QED) is 0.446. The monoisotopic (exact) mass is 368 g/mol. The predicted octanol–water partition coefficient (Wildman–Crippen LogP) is 1.36. The van der Waals surface area contributed by atoms with E-state index in [2.05, 4.69) is 0 Å². The van der Waals surface area contributed by atoms with E-state index >= 15 is 0 Å². The van der Waals surface area contributed by atoms with Gasteiger partial charge in [0, 0.05) is 30.9 Å². The molecule has 0 saturated heterocycles. The Morgan fingerprint density at radius 1 is 1.15 bits per heavy atom. The Bertz CT molecular complexity index is 886. The number of carboxylic acid groups (broad SMARTS) is 1. The summed E-state index contributed by atoms with van der Waals surface area (Å²) in [6.07, 6.45) is 0.412. The lowest BCUT2D eigenvalue weighted by Gasteiger charge is -2.28. The Hall–Kier alpha value is -2.68. The Labute approximate surface area is 157 Å². The average Bonchev–Trinajstić information content (AvgIpc) is 2.67. The molecule has 6 N–H and O–H groups in total. The van der Waals surface area contributed by atoms with Crippen LogP contribution < -0.4 is 16.1 Å². The molecule has 1 aliphatic heterocycles. The fraction of sp³-hybridized carbons (Fsp3) is 0.263. The van der Waals surface area contributed by atoms with Crippen molar-refractivity contribution < 1.29 is 24.4 Å². The SMILES string of the molecule is NCc1ccc(C(=O)C[C@H]2Cc3cccc(C(=O)O)c3OB2O)c(CN)c1. The van der Waals surface area contributed by atoms with E-state index in [4.69, 9.17) is 16.1 Å². The maximum absolute atomic E-state index is 12.8. The Kier molecular flexibility index (Phi) is 5.60. The van der Waals surface area contributed by atoms with Crippen LogP contribution >= 0.6 is 0 Å². The van der Waals surface area contributed by atoms with Crippen LogP contribution in [0.25, 0.3) is 0 Å². The number of hydrogen-bond acceptors (Lipinski definition) is 6. The van der Waals surface area contributed by atoms with Crippen LogP contribution in [0.15, 0.2) is 36.4 Å². The van der Waals surface area contributed by atoms with Crippen molar-refractivity contribution in [2.24, 2.45) is 11.5 Å². The number of Topliss-reactive ketones (excluding diaryl/α,β-unsaturated/α-hetero) is 1. The number of hydrogen-bond donors (Lipinski definition) is 4. The number of rotatable bonds is 6. The Balaban J connectivity index is 1.82. The van der Waals surface area contributed by atoms with Gasteiger partial charge in [0.05, 0.1) is 5.56 Å². The number of para-hydroxylation sites is 1. The topological polar surface area (TPSA) is 136 Å². The lowest BCUT2D eigenvalue weighted by Crippen LogP contribution is -2.36. The van der Waals surface area contributed by atoms with Crippen molar-refractivity contribution in [1.82, 2.24) is 0 Å². The van der Waals surface area contributed by atoms with Crippen molar-refractivity contribution in [3.63, 3.8) is 0 Å². The number of benzene rings is 2. The highest BCUT2D eigenvalue weighted by Crippen LogP contribution is 2.36. The van der Waals surface area contributed by atoms with Gasteiger partial charge in [0.2, 0.25) is 0 Å². The molecule has 2 aromatic rings. The zero-order chi connectivity index (χ0) is 19.6. The number of carbonyl (C=O) groups excluding carboxylic acids is 1. The molecular weight excluding hydrogens is 347 g/mol. The van der Waals surface area contributed by atoms with Gasteiger partial charge >= 0.3 is 13.1 Å². The van der Waals surface area contributed by atoms with Gasteiger partial charge in [-0.25, -0.2) is 4.79 Å². The van der Waals surface area contributed by atoms with E-state index in [1.54, 1.807) is 24.3 Å². The van der Waals surface area contributed by atoms with Crippen molar-refractivity contribution in [3.05, 3.63) is 64.2 Å². The van der Waals surface area contributed by atoms with Crippen molar-refractivity contribution in [2.75, 3.05) is 0 Å². The smallest absolute Gasteiger partial charge is 0.526 e. The van der Waals surface area contributed by atoms with Crippen LogP contribution in [0.1, 0.15) is 43.8 Å². The molecule has 0 aliphatic carbocycles. The van der Waals surface area contributed by atoms with Gasteiger partial charge in [0.15, 0.2) is 5.78 Å². The summed E-state index contributed by atoms with van der Waals surface area (Å²) in [6.45, 7) is 0.572. The van der Waals surface area contributed by atoms with Gasteiger partial charge in [0.25, 0.3) is 0 Å². The van der Waals surface area contributed by atoms with E-state index in [-0.39, 0.29) is 30.1 Å². The lowest BCUT2D eigenvalue weighted by molar-refractivity contribution is 0.0693. The first-order valence-corrected chi connectivity index (χ1v) is 8.69. The minimum absolute atomic E-state index is 0.000817. The summed E-state index contributed by atoms with van der Waals surface area (Å²) in [5.41, 5.74) is 14.2. The minimum Gasteiger partial charge on any atom is -0.535 e. The molecule has 1 atom stereocenters. The molecule has 27 heavy (non-hydrogen) atoms. The number of ketones is 1. The molecule has 0 radical (unpaired) electrons. The van der Waals surface area contributed by atoms with Gasteiger partial charge in [-0.15, -0.1) is 0 Å². The molecular formula is C19H21BN2O5. The van der Waals surface area contributed by atoms with Gasteiger partial charge in [-0.1, -0.05) is 30.3 Å². The lowest BCUT2D eigenvalue weighted by atomic mass is 9.64. The highest BCUT2D eigenvalue weighted by Gasteiger charge is 2.38. The minimum atomic E-state index is -1.26. The number of aromatic carboxylic acids is 1. The number of carboxylic acids is 1. The molecule has 3 rings (SSSR count). The van der Waals surface area contributed by atoms with Crippen LogP contribution in [0.2, 0.25) is 5.82 Å². The molecule has 0 fully saturated rings. The molecule has 1 aliphatic rings. The molecule has 2 aromatic carbocycles. The molecule has 0 amide bonds. The van der Waals surface area contributed by atoms with Gasteiger partial charge in [-0.05, 0) is 29.2 Å². The van der Waals surface area contributed by atoms with Crippen LogP contribution in [0.4, 0.5) is 0 Å². The number of nitrogens with two attached hydrogens (primary N) is 2. The first-order chi connectivity index (χ1) is 12.9. The van der Waals surface area contributed by atoms with Crippen LogP contribution in [-0.4, -0.2) is 29.0 Å². The molecule has 0 saturated carbocycles. The van der Waals surface area contributed by atoms with Crippen LogP contribution in [-0.2, 0) is 19.5 Å². The third-order valence-electron chi connectivity index (χ3n) is 4.82. The molecule has 0 aromatic heterocycles. The molecule has 8 heteroatoms. The summed E-state index contributed by atoms with van der Waals surface area (Å²) in [7, 11) is -1.26. The van der Waals surface area contributed by atoms with Crippen LogP contribution in [0.5, 0.6) is 5.75 Å². The van der Waals surface area contributed by atoms with Gasteiger partial charge in [-0.3, -0.25) is 4.79 Å².